The van der Waals surface area contributed by atoms with Gasteiger partial charge in [0.25, 0.3) is 5.88 Å². The van der Waals surface area contributed by atoms with E-state index in [9.17, 15) is 8.78 Å². The number of halogens is 2. The Kier molecular flexibility index (Phi) is 4.56. The van der Waals surface area contributed by atoms with E-state index < -0.39 is 11.6 Å². The molecule has 0 aliphatic heterocycles. The van der Waals surface area contributed by atoms with Gasteiger partial charge in [-0.2, -0.15) is 4.98 Å². The van der Waals surface area contributed by atoms with E-state index in [1.54, 1.807) is 0 Å². The second-order valence-electron chi connectivity index (χ2n) is 5.15. The van der Waals surface area contributed by atoms with Crippen LogP contribution in [0.1, 0.15) is 39.5 Å². The van der Waals surface area contributed by atoms with Crippen molar-refractivity contribution < 1.29 is 13.5 Å². The molecule has 1 N–H and O–H groups in total. The van der Waals surface area contributed by atoms with Crippen LogP contribution in [0.5, 0.6) is 5.88 Å². The van der Waals surface area contributed by atoms with Gasteiger partial charge in [-0.1, -0.05) is 13.3 Å². The molecule has 0 amide bonds. The maximum Gasteiger partial charge on any atom is 0.252 e. The lowest BCUT2D eigenvalue weighted by Gasteiger charge is -2.27. The third-order valence-corrected chi connectivity index (χ3v) is 3.41. The fraction of sp³-hybridized carbons (Fsp3) is 0.643. The number of anilines is 1. The van der Waals surface area contributed by atoms with Crippen molar-refractivity contribution in [3.63, 3.8) is 0 Å². The van der Waals surface area contributed by atoms with Gasteiger partial charge < -0.3 is 10.1 Å². The largest absolute Gasteiger partial charge is 0.472 e. The highest BCUT2D eigenvalue weighted by Gasteiger charge is 2.23. The van der Waals surface area contributed by atoms with E-state index in [1.165, 1.54) is 6.42 Å². The lowest BCUT2D eigenvalue weighted by atomic mass is 9.89. The van der Waals surface area contributed by atoms with Gasteiger partial charge in [0.15, 0.2) is 17.5 Å². The lowest BCUT2D eigenvalue weighted by Crippen LogP contribution is -2.25. The third-order valence-electron chi connectivity index (χ3n) is 3.41. The van der Waals surface area contributed by atoms with Crippen LogP contribution >= 0.6 is 0 Å². The Labute approximate surface area is 112 Å². The maximum absolute atomic E-state index is 13.7. The minimum atomic E-state index is -0.739. The molecule has 0 bridgehead atoms. The zero-order valence-electron chi connectivity index (χ0n) is 11.4. The van der Waals surface area contributed by atoms with Crippen molar-refractivity contribution in [2.24, 2.45) is 5.92 Å². The zero-order chi connectivity index (χ0) is 13.8. The van der Waals surface area contributed by atoms with Crippen LogP contribution in [0.3, 0.4) is 0 Å². The number of pyridine rings is 1. The van der Waals surface area contributed by atoms with Crippen LogP contribution in [0.4, 0.5) is 14.6 Å². The minimum Gasteiger partial charge on any atom is -0.472 e. The molecule has 0 aromatic carbocycles. The molecule has 1 aliphatic rings. The number of aromatic nitrogens is 1. The highest BCUT2D eigenvalue weighted by molar-refractivity contribution is 5.39. The van der Waals surface area contributed by atoms with Crippen molar-refractivity contribution in [3.05, 3.63) is 17.7 Å². The third kappa shape index (κ3) is 3.55. The summed E-state index contributed by atoms with van der Waals surface area (Å²) in [5.74, 6) is -0.907. The van der Waals surface area contributed by atoms with E-state index in [1.807, 2.05) is 6.92 Å². The molecule has 1 saturated carbocycles. The molecule has 2 atom stereocenters. The number of ether oxygens (including phenoxy) is 1. The summed E-state index contributed by atoms with van der Waals surface area (Å²) >= 11 is 0. The Morgan fingerprint density at radius 1 is 1.37 bits per heavy atom. The number of hydrogen-bond acceptors (Lipinski definition) is 3. The highest BCUT2D eigenvalue weighted by Crippen LogP contribution is 2.29. The van der Waals surface area contributed by atoms with Gasteiger partial charge in [-0.15, -0.1) is 0 Å². The minimum absolute atomic E-state index is 0.0225. The lowest BCUT2D eigenvalue weighted by molar-refractivity contribution is 0.118. The van der Waals surface area contributed by atoms with Crippen LogP contribution in [0.15, 0.2) is 6.07 Å². The molecular weight excluding hydrogens is 250 g/mol. The summed E-state index contributed by atoms with van der Waals surface area (Å²) in [6.07, 6.45) is 4.04. The van der Waals surface area contributed by atoms with E-state index in [2.05, 4.69) is 17.2 Å². The van der Waals surface area contributed by atoms with Crippen molar-refractivity contribution in [1.82, 2.24) is 4.98 Å². The molecule has 19 heavy (non-hydrogen) atoms. The molecule has 2 unspecified atom stereocenters. The summed E-state index contributed by atoms with van der Waals surface area (Å²) < 4.78 is 32.7. The average Bonchev–Trinajstić information content (AvgIpc) is 2.35. The Balaban J connectivity index is 2.12. The van der Waals surface area contributed by atoms with Gasteiger partial charge in [0.05, 0.1) is 0 Å². The first-order valence-corrected chi connectivity index (χ1v) is 6.86. The fourth-order valence-corrected chi connectivity index (χ4v) is 2.47. The second-order valence-corrected chi connectivity index (χ2v) is 5.15. The van der Waals surface area contributed by atoms with Crippen molar-refractivity contribution in [1.29, 1.82) is 0 Å². The maximum atomic E-state index is 13.7. The molecule has 1 aromatic heterocycles. The standard InChI is InChI=1S/C14H20F2N2O/c1-3-17-13-11(15)8-12(16)14(18-13)19-10-6-4-5-9(2)7-10/h8-10H,3-7H2,1-2H3,(H,17,18). The van der Waals surface area contributed by atoms with Crippen LogP contribution in [-0.2, 0) is 0 Å². The molecule has 0 spiro atoms. The van der Waals surface area contributed by atoms with E-state index in [0.717, 1.165) is 25.3 Å². The molecule has 5 heteroatoms. The number of nitrogens with one attached hydrogen (secondary N) is 1. The Bertz CT molecular complexity index is 440. The summed E-state index contributed by atoms with van der Waals surface area (Å²) in [7, 11) is 0. The molecule has 3 nitrogen and oxygen atoms in total. The molecular formula is C14H20F2N2O. The molecule has 2 rings (SSSR count). The quantitative estimate of drug-likeness (QED) is 0.904. The van der Waals surface area contributed by atoms with Crippen LogP contribution in [-0.4, -0.2) is 17.6 Å². The summed E-state index contributed by atoms with van der Waals surface area (Å²) in [5.41, 5.74) is 0. The Morgan fingerprint density at radius 3 is 2.84 bits per heavy atom. The SMILES string of the molecule is CCNc1nc(OC2CCCC(C)C2)c(F)cc1F. The smallest absolute Gasteiger partial charge is 0.252 e. The summed E-state index contributed by atoms with van der Waals surface area (Å²) in [6.45, 7) is 4.51. The summed E-state index contributed by atoms with van der Waals surface area (Å²) in [4.78, 5) is 3.90. The van der Waals surface area contributed by atoms with E-state index in [-0.39, 0.29) is 17.8 Å². The van der Waals surface area contributed by atoms with E-state index in [4.69, 9.17) is 4.74 Å². The molecule has 106 valence electrons. The Hall–Kier alpha value is -1.39. The second kappa shape index (κ2) is 6.17. The first-order valence-electron chi connectivity index (χ1n) is 6.86. The topological polar surface area (TPSA) is 34.2 Å². The van der Waals surface area contributed by atoms with Crippen molar-refractivity contribution in [2.75, 3.05) is 11.9 Å². The highest BCUT2D eigenvalue weighted by atomic mass is 19.1. The van der Waals surface area contributed by atoms with Gasteiger partial charge in [0, 0.05) is 12.6 Å². The van der Waals surface area contributed by atoms with E-state index in [0.29, 0.717) is 12.5 Å². The molecule has 1 aromatic rings. The predicted molar refractivity (Wildman–Crippen MR) is 70.4 cm³/mol. The fourth-order valence-electron chi connectivity index (χ4n) is 2.47. The van der Waals surface area contributed by atoms with Gasteiger partial charge in [0.1, 0.15) is 6.10 Å². The van der Waals surface area contributed by atoms with Crippen molar-refractivity contribution in [3.8, 4) is 5.88 Å². The monoisotopic (exact) mass is 270 g/mol. The number of rotatable bonds is 4. The predicted octanol–water partition coefficient (Wildman–Crippen LogP) is 3.75. The van der Waals surface area contributed by atoms with Crippen LogP contribution in [0.25, 0.3) is 0 Å². The van der Waals surface area contributed by atoms with Crippen molar-refractivity contribution in [2.45, 2.75) is 45.6 Å². The van der Waals surface area contributed by atoms with Crippen molar-refractivity contribution >= 4 is 5.82 Å². The number of nitrogens with zero attached hydrogens (tertiary/aromatic N) is 1. The van der Waals surface area contributed by atoms with Crippen LogP contribution < -0.4 is 10.1 Å². The Morgan fingerprint density at radius 2 is 2.16 bits per heavy atom. The van der Waals surface area contributed by atoms with Gasteiger partial charge in [-0.3, -0.25) is 0 Å². The zero-order valence-corrected chi connectivity index (χ0v) is 11.4. The normalized spacial score (nSPS) is 23.2. The molecule has 1 aliphatic carbocycles. The molecule has 0 saturated heterocycles. The van der Waals surface area contributed by atoms with Gasteiger partial charge in [0.2, 0.25) is 0 Å². The first-order chi connectivity index (χ1) is 9.10. The summed E-state index contributed by atoms with van der Waals surface area (Å²) in [5, 5.41) is 2.76. The van der Waals surface area contributed by atoms with E-state index >= 15 is 0 Å². The van der Waals surface area contributed by atoms with Crippen LogP contribution in [0, 0.1) is 17.6 Å². The molecule has 1 fully saturated rings. The molecule has 0 radical (unpaired) electrons. The van der Waals surface area contributed by atoms with Gasteiger partial charge >= 0.3 is 0 Å². The summed E-state index contributed by atoms with van der Waals surface area (Å²) in [6, 6.07) is 0.826. The first kappa shape index (κ1) is 14.0. The van der Waals surface area contributed by atoms with Gasteiger partial charge in [-0.25, -0.2) is 8.78 Å². The average molecular weight is 270 g/mol. The number of hydrogen-bond donors (Lipinski definition) is 1. The van der Waals surface area contributed by atoms with Gasteiger partial charge in [-0.05, 0) is 32.1 Å². The molecule has 1 heterocycles. The van der Waals surface area contributed by atoms with Crippen LogP contribution in [0.2, 0.25) is 0 Å².